The summed E-state index contributed by atoms with van der Waals surface area (Å²) in [5.41, 5.74) is -0.901. The standard InChI is InChI=1S/C25H30N4O5S/c1-18-6-4-5-11-25(18)23(31)29(24(32)26-25)17-22(30)27-12-14-28(15-13-27)35(33,34)21-10-9-19-7-2-3-8-20(19)16-21/h2-3,7-10,16,18H,4-6,11-15,17H2,1H3,(H,26,32)/t18-,25-/m1/s1. The third-order valence-electron chi connectivity index (χ3n) is 7.74. The van der Waals surface area contributed by atoms with Crippen molar-refractivity contribution < 1.29 is 22.8 Å². The van der Waals surface area contributed by atoms with Crippen LogP contribution in [0.1, 0.15) is 32.6 Å². The van der Waals surface area contributed by atoms with E-state index >= 15 is 0 Å². The molecule has 3 fully saturated rings. The number of urea groups is 1. The van der Waals surface area contributed by atoms with Crippen molar-refractivity contribution in [2.24, 2.45) is 5.92 Å². The number of piperazine rings is 1. The molecular weight excluding hydrogens is 468 g/mol. The van der Waals surface area contributed by atoms with Crippen molar-refractivity contribution in [1.29, 1.82) is 0 Å². The number of hydrogen-bond acceptors (Lipinski definition) is 5. The Balaban J connectivity index is 1.22. The molecular formula is C25H30N4O5S. The zero-order valence-corrected chi connectivity index (χ0v) is 20.6. The van der Waals surface area contributed by atoms with E-state index in [9.17, 15) is 22.8 Å². The molecule has 2 heterocycles. The van der Waals surface area contributed by atoms with E-state index in [1.54, 1.807) is 18.2 Å². The van der Waals surface area contributed by atoms with Gasteiger partial charge in [0.15, 0.2) is 0 Å². The van der Waals surface area contributed by atoms with E-state index in [1.807, 2.05) is 31.2 Å². The summed E-state index contributed by atoms with van der Waals surface area (Å²) in [5, 5.41) is 4.68. The Morgan fingerprint density at radius 1 is 1.03 bits per heavy atom. The predicted molar refractivity (Wildman–Crippen MR) is 130 cm³/mol. The Morgan fingerprint density at radius 3 is 2.46 bits per heavy atom. The van der Waals surface area contributed by atoms with Crippen LogP contribution in [0.25, 0.3) is 10.8 Å². The Morgan fingerprint density at radius 2 is 1.74 bits per heavy atom. The average Bonchev–Trinajstić information content (AvgIpc) is 3.10. The molecule has 2 atom stereocenters. The molecule has 1 spiro atoms. The van der Waals surface area contributed by atoms with Crippen molar-refractivity contribution in [3.8, 4) is 0 Å². The predicted octanol–water partition coefficient (Wildman–Crippen LogP) is 2.17. The summed E-state index contributed by atoms with van der Waals surface area (Å²) in [6.07, 6.45) is 3.35. The van der Waals surface area contributed by atoms with E-state index in [1.165, 1.54) is 9.21 Å². The third-order valence-corrected chi connectivity index (χ3v) is 9.64. The van der Waals surface area contributed by atoms with Gasteiger partial charge >= 0.3 is 6.03 Å². The van der Waals surface area contributed by atoms with Crippen LogP contribution in [0.2, 0.25) is 0 Å². The summed E-state index contributed by atoms with van der Waals surface area (Å²) in [6.45, 7) is 2.37. The smallest absolute Gasteiger partial charge is 0.325 e. The SMILES string of the molecule is C[C@@H]1CCCC[C@@]12NC(=O)N(CC(=O)N1CCN(S(=O)(=O)c3ccc4ccccc4c3)CC1)C2=O. The van der Waals surface area contributed by atoms with E-state index in [4.69, 9.17) is 0 Å². The van der Waals surface area contributed by atoms with Gasteiger partial charge in [0, 0.05) is 26.2 Å². The van der Waals surface area contributed by atoms with Gasteiger partial charge in [-0.3, -0.25) is 14.5 Å². The molecule has 186 valence electrons. The molecule has 10 heteroatoms. The number of amides is 4. The Bertz CT molecular complexity index is 1290. The number of carbonyl (C=O) groups is 3. The Labute approximate surface area is 205 Å². The first-order chi connectivity index (χ1) is 16.7. The summed E-state index contributed by atoms with van der Waals surface area (Å²) in [6, 6.07) is 12.1. The molecule has 1 saturated carbocycles. The van der Waals surface area contributed by atoms with Gasteiger partial charge in [-0.2, -0.15) is 4.31 Å². The van der Waals surface area contributed by atoms with Gasteiger partial charge in [-0.15, -0.1) is 0 Å². The maximum atomic E-state index is 13.2. The maximum Gasteiger partial charge on any atom is 0.325 e. The van der Waals surface area contributed by atoms with E-state index < -0.39 is 21.6 Å². The van der Waals surface area contributed by atoms with E-state index in [2.05, 4.69) is 5.32 Å². The summed E-state index contributed by atoms with van der Waals surface area (Å²) in [4.78, 5) is 41.5. The van der Waals surface area contributed by atoms with E-state index in [-0.39, 0.29) is 55.4 Å². The van der Waals surface area contributed by atoms with E-state index in [0.29, 0.717) is 6.42 Å². The lowest BCUT2D eigenvalue weighted by Crippen LogP contribution is -2.55. The first-order valence-electron chi connectivity index (χ1n) is 12.1. The van der Waals surface area contributed by atoms with Crippen LogP contribution in [0.15, 0.2) is 47.4 Å². The number of nitrogens with zero attached hydrogens (tertiary/aromatic N) is 3. The molecule has 3 aliphatic rings. The number of imide groups is 1. The van der Waals surface area contributed by atoms with Gasteiger partial charge in [0.1, 0.15) is 12.1 Å². The fourth-order valence-electron chi connectivity index (χ4n) is 5.53. The molecule has 0 aromatic heterocycles. The van der Waals surface area contributed by atoms with Gasteiger partial charge in [-0.05, 0) is 41.7 Å². The molecule has 2 aromatic rings. The lowest BCUT2D eigenvalue weighted by molar-refractivity contribution is -0.141. The summed E-state index contributed by atoms with van der Waals surface area (Å²) < 4.78 is 27.8. The molecule has 0 unspecified atom stereocenters. The summed E-state index contributed by atoms with van der Waals surface area (Å²) in [7, 11) is -3.70. The minimum atomic E-state index is -3.70. The van der Waals surface area contributed by atoms with Crippen molar-refractivity contribution in [2.45, 2.75) is 43.0 Å². The molecule has 2 aliphatic heterocycles. The second kappa shape index (κ2) is 8.91. The van der Waals surface area contributed by atoms with Gasteiger partial charge in [-0.25, -0.2) is 13.2 Å². The van der Waals surface area contributed by atoms with Crippen LogP contribution in [-0.4, -0.2) is 78.6 Å². The van der Waals surface area contributed by atoms with Crippen LogP contribution in [-0.2, 0) is 19.6 Å². The maximum absolute atomic E-state index is 13.2. The monoisotopic (exact) mass is 498 g/mol. The number of sulfonamides is 1. The van der Waals surface area contributed by atoms with Gasteiger partial charge in [0.25, 0.3) is 5.91 Å². The van der Waals surface area contributed by atoms with Crippen molar-refractivity contribution in [3.63, 3.8) is 0 Å². The third kappa shape index (κ3) is 4.08. The average molecular weight is 499 g/mol. The molecule has 0 bridgehead atoms. The highest BCUT2D eigenvalue weighted by atomic mass is 32.2. The molecule has 1 N–H and O–H groups in total. The number of carbonyl (C=O) groups excluding carboxylic acids is 3. The van der Waals surface area contributed by atoms with Crippen molar-refractivity contribution in [3.05, 3.63) is 42.5 Å². The largest absolute Gasteiger partial charge is 0.338 e. The molecule has 4 amide bonds. The van der Waals surface area contributed by atoms with Crippen LogP contribution < -0.4 is 5.32 Å². The number of benzene rings is 2. The van der Waals surface area contributed by atoms with Gasteiger partial charge in [0.2, 0.25) is 15.9 Å². The number of rotatable bonds is 4. The highest BCUT2D eigenvalue weighted by Gasteiger charge is 2.55. The van der Waals surface area contributed by atoms with Crippen LogP contribution in [0, 0.1) is 5.92 Å². The number of fused-ring (bicyclic) bond motifs is 1. The normalized spacial score (nSPS) is 25.9. The van der Waals surface area contributed by atoms with Gasteiger partial charge in [-0.1, -0.05) is 50.1 Å². The quantitative estimate of drug-likeness (QED) is 0.651. The van der Waals surface area contributed by atoms with Gasteiger partial charge in [0.05, 0.1) is 4.90 Å². The Hall–Kier alpha value is -2.98. The fourth-order valence-corrected chi connectivity index (χ4v) is 6.99. The second-order valence-electron chi connectivity index (χ2n) is 9.73. The van der Waals surface area contributed by atoms with Crippen molar-refractivity contribution in [1.82, 2.24) is 19.4 Å². The van der Waals surface area contributed by atoms with Crippen LogP contribution in [0.4, 0.5) is 4.79 Å². The van der Waals surface area contributed by atoms with Gasteiger partial charge < -0.3 is 10.2 Å². The molecule has 0 radical (unpaired) electrons. The molecule has 1 aliphatic carbocycles. The number of nitrogens with one attached hydrogen (secondary N) is 1. The highest BCUT2D eigenvalue weighted by molar-refractivity contribution is 7.89. The lowest BCUT2D eigenvalue weighted by atomic mass is 9.73. The molecule has 35 heavy (non-hydrogen) atoms. The second-order valence-corrected chi connectivity index (χ2v) is 11.7. The number of hydrogen-bond donors (Lipinski definition) is 1. The topological polar surface area (TPSA) is 107 Å². The van der Waals surface area contributed by atoms with E-state index in [0.717, 1.165) is 34.9 Å². The molecule has 2 aromatic carbocycles. The lowest BCUT2D eigenvalue weighted by Gasteiger charge is -2.37. The zero-order valence-electron chi connectivity index (χ0n) is 19.8. The van der Waals surface area contributed by atoms with Crippen molar-refractivity contribution in [2.75, 3.05) is 32.7 Å². The zero-order chi connectivity index (χ0) is 24.8. The molecule has 9 nitrogen and oxygen atoms in total. The minimum absolute atomic E-state index is 0.0247. The summed E-state index contributed by atoms with van der Waals surface area (Å²) in [5.74, 6) is -0.644. The Kier molecular flexibility index (Phi) is 6.04. The molecule has 5 rings (SSSR count). The first kappa shape index (κ1) is 23.7. The van der Waals surface area contributed by atoms with Crippen LogP contribution >= 0.6 is 0 Å². The fraction of sp³-hybridized carbons (Fsp3) is 0.480. The minimum Gasteiger partial charge on any atom is -0.338 e. The van der Waals surface area contributed by atoms with Crippen molar-refractivity contribution >= 4 is 38.6 Å². The first-order valence-corrected chi connectivity index (χ1v) is 13.6. The van der Waals surface area contributed by atoms with Crippen LogP contribution in [0.3, 0.4) is 0 Å². The molecule has 2 saturated heterocycles. The summed E-state index contributed by atoms with van der Waals surface area (Å²) >= 11 is 0. The van der Waals surface area contributed by atoms with Crippen LogP contribution in [0.5, 0.6) is 0 Å². The highest BCUT2D eigenvalue weighted by Crippen LogP contribution is 2.38.